The lowest BCUT2D eigenvalue weighted by Gasteiger charge is -2.18. The van der Waals surface area contributed by atoms with E-state index in [1.54, 1.807) is 0 Å². The Morgan fingerprint density at radius 3 is 0.849 bits per heavy atom. The minimum atomic E-state index is -0.795. The zero-order chi connectivity index (χ0) is 52.9. The Labute approximate surface area is 450 Å². The van der Waals surface area contributed by atoms with E-state index in [-0.39, 0.29) is 31.1 Å². The molecule has 0 radical (unpaired) electrons. The van der Waals surface area contributed by atoms with Gasteiger partial charge in [0, 0.05) is 19.3 Å². The summed E-state index contributed by atoms with van der Waals surface area (Å²) in [6.45, 7) is 6.36. The zero-order valence-electron chi connectivity index (χ0n) is 47.6. The summed E-state index contributed by atoms with van der Waals surface area (Å²) in [5.74, 6) is -0.922. The molecule has 73 heavy (non-hydrogen) atoms. The first-order chi connectivity index (χ1) is 36.0. The van der Waals surface area contributed by atoms with Gasteiger partial charge in [0.15, 0.2) is 6.10 Å². The Hall–Kier alpha value is -3.93. The summed E-state index contributed by atoms with van der Waals surface area (Å²) in [6, 6.07) is 0. The van der Waals surface area contributed by atoms with Gasteiger partial charge < -0.3 is 14.2 Å². The van der Waals surface area contributed by atoms with Gasteiger partial charge in [0.2, 0.25) is 0 Å². The lowest BCUT2D eigenvalue weighted by Crippen LogP contribution is -2.30. The molecular weight excluding hydrogens is 901 g/mol. The third kappa shape index (κ3) is 58.8. The lowest BCUT2D eigenvalue weighted by atomic mass is 10.0. The van der Waals surface area contributed by atoms with Crippen molar-refractivity contribution in [1.82, 2.24) is 0 Å². The minimum Gasteiger partial charge on any atom is -0.462 e. The van der Waals surface area contributed by atoms with Crippen molar-refractivity contribution in [3.05, 3.63) is 109 Å². The average Bonchev–Trinajstić information content (AvgIpc) is 3.39. The van der Waals surface area contributed by atoms with Crippen molar-refractivity contribution >= 4 is 17.9 Å². The van der Waals surface area contributed by atoms with Crippen LogP contribution >= 0.6 is 0 Å². The van der Waals surface area contributed by atoms with Crippen LogP contribution in [0.5, 0.6) is 0 Å². The van der Waals surface area contributed by atoms with Crippen LogP contribution in [0, 0.1) is 0 Å². The van der Waals surface area contributed by atoms with E-state index >= 15 is 0 Å². The first-order valence-electron chi connectivity index (χ1n) is 30.4. The number of rotatable bonds is 54. The van der Waals surface area contributed by atoms with Crippen LogP contribution in [-0.4, -0.2) is 37.2 Å². The van der Waals surface area contributed by atoms with Gasteiger partial charge in [-0.2, -0.15) is 0 Å². The standard InChI is InChI=1S/C67H112O6/c1-4-7-10-13-16-19-22-24-26-28-29-30-31-32-33-34-35-36-37-39-40-42-45-48-51-54-57-60-66(69)72-63-64(62-71-65(68)59-56-53-50-47-44-21-18-15-12-9-6-3)73-67(70)61-58-55-52-49-46-43-41-38-27-25-23-20-17-14-11-8-5-2/h7-8,10-11,15-20,24-27,29-30,41,43,64H,4-6,9,12-14,21-23,28,31-40,42,44-63H2,1-3H3/b10-7-,11-8-,18-15-,19-16-,20-17-,26-24-,27-25-,30-29-,43-41-. The van der Waals surface area contributed by atoms with E-state index in [2.05, 4.69) is 130 Å². The molecule has 0 bridgehead atoms. The highest BCUT2D eigenvalue weighted by Gasteiger charge is 2.19. The van der Waals surface area contributed by atoms with Crippen molar-refractivity contribution in [3.63, 3.8) is 0 Å². The molecule has 0 aromatic rings. The molecule has 0 saturated carbocycles. The van der Waals surface area contributed by atoms with Gasteiger partial charge in [-0.25, -0.2) is 0 Å². The normalized spacial score (nSPS) is 12.9. The molecule has 416 valence electrons. The van der Waals surface area contributed by atoms with Crippen LogP contribution in [-0.2, 0) is 28.6 Å². The van der Waals surface area contributed by atoms with Crippen LogP contribution in [0.1, 0.15) is 278 Å². The number of allylic oxidation sites excluding steroid dienone is 18. The summed E-state index contributed by atoms with van der Waals surface area (Å²) in [4.78, 5) is 38.2. The van der Waals surface area contributed by atoms with Gasteiger partial charge in [-0.05, 0) is 116 Å². The van der Waals surface area contributed by atoms with E-state index in [9.17, 15) is 14.4 Å². The predicted molar refractivity (Wildman–Crippen MR) is 316 cm³/mol. The molecule has 0 aliphatic rings. The molecule has 0 fully saturated rings. The highest BCUT2D eigenvalue weighted by atomic mass is 16.6. The molecule has 6 nitrogen and oxygen atoms in total. The molecule has 6 heteroatoms. The van der Waals surface area contributed by atoms with Gasteiger partial charge in [-0.15, -0.1) is 0 Å². The Morgan fingerprint density at radius 2 is 0.534 bits per heavy atom. The summed E-state index contributed by atoms with van der Waals surface area (Å²) < 4.78 is 16.8. The topological polar surface area (TPSA) is 78.9 Å². The number of carbonyl (C=O) groups excluding carboxylic acids is 3. The van der Waals surface area contributed by atoms with E-state index < -0.39 is 6.10 Å². The second kappa shape index (κ2) is 60.6. The molecule has 0 aliphatic heterocycles. The van der Waals surface area contributed by atoms with Gasteiger partial charge in [0.25, 0.3) is 0 Å². The van der Waals surface area contributed by atoms with Crippen molar-refractivity contribution < 1.29 is 28.6 Å². The van der Waals surface area contributed by atoms with Crippen LogP contribution in [0.4, 0.5) is 0 Å². The van der Waals surface area contributed by atoms with Crippen LogP contribution in [0.2, 0.25) is 0 Å². The molecule has 0 saturated heterocycles. The fourth-order valence-electron chi connectivity index (χ4n) is 8.23. The number of ether oxygens (including phenoxy) is 3. The highest BCUT2D eigenvalue weighted by molar-refractivity contribution is 5.71. The molecule has 0 aromatic carbocycles. The molecule has 0 N–H and O–H groups in total. The molecule has 0 aliphatic carbocycles. The van der Waals surface area contributed by atoms with E-state index in [0.29, 0.717) is 19.3 Å². The van der Waals surface area contributed by atoms with Gasteiger partial charge in [-0.3, -0.25) is 14.4 Å². The minimum absolute atomic E-state index is 0.0910. The quantitative estimate of drug-likeness (QED) is 0.0261. The molecule has 0 rings (SSSR count). The Bertz CT molecular complexity index is 1490. The number of hydrogen-bond donors (Lipinski definition) is 0. The lowest BCUT2D eigenvalue weighted by molar-refractivity contribution is -0.167. The van der Waals surface area contributed by atoms with Gasteiger partial charge in [-0.1, -0.05) is 252 Å². The smallest absolute Gasteiger partial charge is 0.306 e. The SMILES string of the molecule is CC/C=C\C/C=C\C/C=C\C/C=C\CCCCCCCCCCCCCCCCC(=O)OCC(COC(=O)CCCCCCC/C=C\CCCC)OC(=O)CCCCCC/C=C\C/C=C\C/C=C\C/C=C\CC. The highest BCUT2D eigenvalue weighted by Crippen LogP contribution is 2.16. The van der Waals surface area contributed by atoms with Crippen LogP contribution in [0.3, 0.4) is 0 Å². The largest absolute Gasteiger partial charge is 0.462 e. The van der Waals surface area contributed by atoms with Crippen molar-refractivity contribution in [2.24, 2.45) is 0 Å². The first kappa shape index (κ1) is 69.1. The predicted octanol–water partition coefficient (Wildman–Crippen LogP) is 20.7. The van der Waals surface area contributed by atoms with Gasteiger partial charge >= 0.3 is 17.9 Å². The summed E-state index contributed by atoms with van der Waals surface area (Å²) in [5.41, 5.74) is 0. The summed E-state index contributed by atoms with van der Waals surface area (Å²) >= 11 is 0. The van der Waals surface area contributed by atoms with Gasteiger partial charge in [0.1, 0.15) is 13.2 Å². The van der Waals surface area contributed by atoms with Crippen molar-refractivity contribution in [2.75, 3.05) is 13.2 Å². The maximum atomic E-state index is 12.9. The van der Waals surface area contributed by atoms with Crippen LogP contribution < -0.4 is 0 Å². The summed E-state index contributed by atoms with van der Waals surface area (Å²) in [6.07, 6.45) is 82.4. The zero-order valence-corrected chi connectivity index (χ0v) is 47.6. The third-order valence-corrected chi connectivity index (χ3v) is 12.7. The molecule has 0 amide bonds. The number of carbonyl (C=O) groups is 3. The summed E-state index contributed by atoms with van der Waals surface area (Å²) in [5, 5.41) is 0. The fourth-order valence-corrected chi connectivity index (χ4v) is 8.23. The molecule has 1 atom stereocenters. The Kier molecular flexibility index (Phi) is 57.4. The fraction of sp³-hybridized carbons (Fsp3) is 0.687. The third-order valence-electron chi connectivity index (χ3n) is 12.7. The van der Waals surface area contributed by atoms with Crippen LogP contribution in [0.25, 0.3) is 0 Å². The maximum Gasteiger partial charge on any atom is 0.306 e. The van der Waals surface area contributed by atoms with Crippen molar-refractivity contribution in [2.45, 2.75) is 284 Å². The first-order valence-corrected chi connectivity index (χ1v) is 30.4. The number of hydrogen-bond acceptors (Lipinski definition) is 6. The monoisotopic (exact) mass is 1010 g/mol. The Morgan fingerprint density at radius 1 is 0.288 bits per heavy atom. The average molecular weight is 1010 g/mol. The maximum absolute atomic E-state index is 12.9. The van der Waals surface area contributed by atoms with Crippen molar-refractivity contribution in [3.8, 4) is 0 Å². The van der Waals surface area contributed by atoms with E-state index in [1.165, 1.54) is 103 Å². The van der Waals surface area contributed by atoms with E-state index in [1.807, 2.05) is 0 Å². The van der Waals surface area contributed by atoms with E-state index in [0.717, 1.165) is 135 Å². The Balaban J connectivity index is 4.27. The van der Waals surface area contributed by atoms with Crippen molar-refractivity contribution in [1.29, 1.82) is 0 Å². The number of esters is 3. The van der Waals surface area contributed by atoms with Crippen LogP contribution in [0.15, 0.2) is 109 Å². The molecule has 0 spiro atoms. The van der Waals surface area contributed by atoms with Gasteiger partial charge in [0.05, 0.1) is 0 Å². The van der Waals surface area contributed by atoms with E-state index in [4.69, 9.17) is 14.2 Å². The second-order valence-electron chi connectivity index (χ2n) is 19.8. The summed E-state index contributed by atoms with van der Waals surface area (Å²) in [7, 11) is 0. The second-order valence-corrected chi connectivity index (χ2v) is 19.8. The number of unbranched alkanes of at least 4 members (excludes halogenated alkanes) is 25. The molecule has 1 unspecified atom stereocenters. The molecule has 0 heterocycles. The molecule has 0 aromatic heterocycles. The molecular formula is C67H112O6.